The number of aryl methyl sites for hydroxylation is 2. The van der Waals surface area contributed by atoms with E-state index in [1.807, 2.05) is 6.92 Å². The number of aromatic nitrogens is 4. The van der Waals surface area contributed by atoms with Gasteiger partial charge < -0.3 is 11.1 Å². The highest BCUT2D eigenvalue weighted by Crippen LogP contribution is 2.17. The average molecular weight is 248 g/mol. The van der Waals surface area contributed by atoms with E-state index in [4.69, 9.17) is 5.73 Å². The molecular weight excluding hydrogens is 232 g/mol. The largest absolute Gasteiger partial charge is 0.395 e. The summed E-state index contributed by atoms with van der Waals surface area (Å²) in [5.41, 5.74) is 7.31. The molecule has 0 unspecified atom stereocenters. The highest BCUT2D eigenvalue weighted by atomic mass is 16.2. The third-order valence-electron chi connectivity index (χ3n) is 2.66. The van der Waals surface area contributed by atoms with Gasteiger partial charge in [0.2, 0.25) is 0 Å². The lowest BCUT2D eigenvalue weighted by atomic mass is 10.2. The Kier molecular flexibility index (Phi) is 3.31. The number of nitrogens with one attached hydrogen (secondary N) is 2. The molecule has 96 valence electrons. The van der Waals surface area contributed by atoms with E-state index < -0.39 is 0 Å². The van der Waals surface area contributed by atoms with Gasteiger partial charge in [0.1, 0.15) is 5.82 Å². The third kappa shape index (κ3) is 2.20. The SMILES string of the molecule is CCCc1[nH]nc(C(=O)Nc2ccnn2C)c1N. The van der Waals surface area contributed by atoms with Crippen LogP contribution in [0.1, 0.15) is 29.5 Å². The van der Waals surface area contributed by atoms with Crippen molar-refractivity contribution < 1.29 is 4.79 Å². The van der Waals surface area contributed by atoms with Gasteiger partial charge in [0.25, 0.3) is 5.91 Å². The highest BCUT2D eigenvalue weighted by Gasteiger charge is 2.17. The number of aromatic amines is 1. The van der Waals surface area contributed by atoms with Crippen LogP contribution in [-0.4, -0.2) is 25.9 Å². The molecule has 18 heavy (non-hydrogen) atoms. The second-order valence-electron chi connectivity index (χ2n) is 4.01. The number of nitrogens with zero attached hydrogens (tertiary/aromatic N) is 3. The molecule has 0 atom stereocenters. The van der Waals surface area contributed by atoms with E-state index in [0.29, 0.717) is 11.5 Å². The molecule has 7 nitrogen and oxygen atoms in total. The van der Waals surface area contributed by atoms with Crippen molar-refractivity contribution in [3.63, 3.8) is 0 Å². The second kappa shape index (κ2) is 4.91. The third-order valence-corrected chi connectivity index (χ3v) is 2.66. The summed E-state index contributed by atoms with van der Waals surface area (Å²) in [4.78, 5) is 12.0. The van der Waals surface area contributed by atoms with Gasteiger partial charge in [-0.25, -0.2) is 0 Å². The molecule has 0 radical (unpaired) electrons. The molecule has 7 heteroatoms. The molecule has 2 aromatic heterocycles. The molecule has 0 aliphatic carbocycles. The molecule has 0 aromatic carbocycles. The fourth-order valence-corrected chi connectivity index (χ4v) is 1.67. The number of carbonyl (C=O) groups excluding carboxylic acids is 1. The zero-order valence-electron chi connectivity index (χ0n) is 10.4. The standard InChI is InChI=1S/C11H16N6O/c1-3-4-7-9(12)10(16-15-7)11(18)14-8-5-6-13-17(8)2/h5-6H,3-4,12H2,1-2H3,(H,14,18)(H,15,16). The van der Waals surface area contributed by atoms with Gasteiger partial charge in [-0.15, -0.1) is 0 Å². The van der Waals surface area contributed by atoms with Crippen molar-refractivity contribution in [1.82, 2.24) is 20.0 Å². The van der Waals surface area contributed by atoms with Crippen molar-refractivity contribution in [2.24, 2.45) is 7.05 Å². The van der Waals surface area contributed by atoms with Crippen molar-refractivity contribution in [1.29, 1.82) is 0 Å². The summed E-state index contributed by atoms with van der Waals surface area (Å²) in [6.45, 7) is 2.04. The van der Waals surface area contributed by atoms with Crippen molar-refractivity contribution in [3.05, 3.63) is 23.7 Å². The minimum Gasteiger partial charge on any atom is -0.395 e. The van der Waals surface area contributed by atoms with Crippen LogP contribution < -0.4 is 11.1 Å². The van der Waals surface area contributed by atoms with Gasteiger partial charge >= 0.3 is 0 Å². The van der Waals surface area contributed by atoms with Crippen LogP contribution >= 0.6 is 0 Å². The molecule has 0 bridgehead atoms. The average Bonchev–Trinajstić information content (AvgIpc) is 2.88. The fraction of sp³-hybridized carbons (Fsp3) is 0.364. The topological polar surface area (TPSA) is 102 Å². The predicted molar refractivity (Wildman–Crippen MR) is 68.2 cm³/mol. The maximum absolute atomic E-state index is 12.0. The summed E-state index contributed by atoms with van der Waals surface area (Å²) < 4.78 is 1.56. The van der Waals surface area contributed by atoms with Crippen molar-refractivity contribution in [2.75, 3.05) is 11.1 Å². The van der Waals surface area contributed by atoms with E-state index in [1.165, 1.54) is 0 Å². The Bertz CT molecular complexity index is 556. The minimum absolute atomic E-state index is 0.222. The fourth-order valence-electron chi connectivity index (χ4n) is 1.67. The van der Waals surface area contributed by atoms with Gasteiger partial charge in [0, 0.05) is 13.1 Å². The number of H-pyrrole nitrogens is 1. The maximum atomic E-state index is 12.0. The van der Waals surface area contributed by atoms with Gasteiger partial charge in [-0.05, 0) is 6.42 Å². The van der Waals surface area contributed by atoms with Gasteiger partial charge in [-0.2, -0.15) is 10.2 Å². The van der Waals surface area contributed by atoms with E-state index in [0.717, 1.165) is 18.5 Å². The van der Waals surface area contributed by atoms with Crippen LogP contribution in [0.4, 0.5) is 11.5 Å². The summed E-state index contributed by atoms with van der Waals surface area (Å²) >= 11 is 0. The van der Waals surface area contributed by atoms with Gasteiger partial charge in [0.05, 0.1) is 17.6 Å². The molecular formula is C11H16N6O. The van der Waals surface area contributed by atoms with Crippen molar-refractivity contribution in [3.8, 4) is 0 Å². The second-order valence-corrected chi connectivity index (χ2v) is 4.01. The summed E-state index contributed by atoms with van der Waals surface area (Å²) in [6.07, 6.45) is 3.32. The molecule has 1 amide bonds. The number of nitrogens with two attached hydrogens (primary N) is 1. The van der Waals surface area contributed by atoms with Crippen molar-refractivity contribution in [2.45, 2.75) is 19.8 Å². The zero-order chi connectivity index (χ0) is 13.1. The molecule has 0 fully saturated rings. The first-order valence-electron chi connectivity index (χ1n) is 5.75. The number of hydrogen-bond donors (Lipinski definition) is 3. The lowest BCUT2D eigenvalue weighted by Crippen LogP contribution is -2.16. The summed E-state index contributed by atoms with van der Waals surface area (Å²) in [5.74, 6) is 0.258. The monoisotopic (exact) mass is 248 g/mol. The highest BCUT2D eigenvalue weighted by molar-refractivity contribution is 6.06. The van der Waals surface area contributed by atoms with Crippen LogP contribution in [0.15, 0.2) is 12.3 Å². The van der Waals surface area contributed by atoms with E-state index >= 15 is 0 Å². The molecule has 2 rings (SSSR count). The first-order chi connectivity index (χ1) is 8.63. The quantitative estimate of drug-likeness (QED) is 0.749. The van der Waals surface area contributed by atoms with E-state index in [2.05, 4.69) is 20.6 Å². The first kappa shape index (κ1) is 12.2. The lowest BCUT2D eigenvalue weighted by molar-refractivity contribution is 0.102. The van der Waals surface area contributed by atoms with E-state index in [1.54, 1.807) is 24.0 Å². The smallest absolute Gasteiger partial charge is 0.279 e. The Labute approximate surface area is 104 Å². The molecule has 0 aliphatic rings. The lowest BCUT2D eigenvalue weighted by Gasteiger charge is -2.03. The Morgan fingerprint density at radius 1 is 1.61 bits per heavy atom. The molecule has 0 saturated carbocycles. The Morgan fingerprint density at radius 3 is 3.00 bits per heavy atom. The minimum atomic E-state index is -0.338. The van der Waals surface area contributed by atoms with Crippen LogP contribution in [0.5, 0.6) is 0 Å². The Balaban J connectivity index is 2.17. The number of rotatable bonds is 4. The van der Waals surface area contributed by atoms with Crippen molar-refractivity contribution >= 4 is 17.4 Å². The number of amides is 1. The Morgan fingerprint density at radius 2 is 2.39 bits per heavy atom. The number of hydrogen-bond acceptors (Lipinski definition) is 4. The maximum Gasteiger partial charge on any atom is 0.279 e. The summed E-state index contributed by atoms with van der Waals surface area (Å²) in [6, 6.07) is 1.70. The molecule has 2 aromatic rings. The van der Waals surface area contributed by atoms with E-state index in [-0.39, 0.29) is 11.6 Å². The van der Waals surface area contributed by atoms with Gasteiger partial charge in [-0.3, -0.25) is 14.6 Å². The number of anilines is 2. The molecule has 2 heterocycles. The number of nitrogen functional groups attached to an aromatic ring is 1. The first-order valence-corrected chi connectivity index (χ1v) is 5.75. The van der Waals surface area contributed by atoms with E-state index in [9.17, 15) is 4.79 Å². The molecule has 0 aliphatic heterocycles. The van der Waals surface area contributed by atoms with Crippen LogP contribution in [0, 0.1) is 0 Å². The molecule has 4 N–H and O–H groups in total. The summed E-state index contributed by atoms with van der Waals surface area (Å²) in [5, 5.41) is 13.4. The molecule has 0 spiro atoms. The van der Waals surface area contributed by atoms with Gasteiger partial charge in [-0.1, -0.05) is 13.3 Å². The van der Waals surface area contributed by atoms with Gasteiger partial charge in [0.15, 0.2) is 5.69 Å². The van der Waals surface area contributed by atoms with Crippen LogP contribution in [-0.2, 0) is 13.5 Å². The normalized spacial score (nSPS) is 10.6. The predicted octanol–water partition coefficient (Wildman–Crippen LogP) is 0.930. The van der Waals surface area contributed by atoms with Crippen LogP contribution in [0.2, 0.25) is 0 Å². The number of carbonyl (C=O) groups is 1. The Hall–Kier alpha value is -2.31. The summed E-state index contributed by atoms with van der Waals surface area (Å²) in [7, 11) is 1.74. The molecule has 0 saturated heterocycles. The van der Waals surface area contributed by atoms with Crippen LogP contribution in [0.25, 0.3) is 0 Å². The van der Waals surface area contributed by atoms with Crippen LogP contribution in [0.3, 0.4) is 0 Å². The zero-order valence-corrected chi connectivity index (χ0v) is 10.4.